The maximum absolute atomic E-state index is 11.0. The van der Waals surface area contributed by atoms with Gasteiger partial charge >= 0.3 is 0 Å². The Balaban J connectivity index is 1.25. The van der Waals surface area contributed by atoms with Crippen LogP contribution in [0.5, 0.6) is 0 Å². The molecule has 3 N–H and O–H groups in total. The predicted molar refractivity (Wildman–Crippen MR) is 138 cm³/mol. The topological polar surface area (TPSA) is 52.5 Å². The average molecular weight is 462 g/mol. The lowest BCUT2D eigenvalue weighted by Gasteiger charge is -2.61. The second-order valence-electron chi connectivity index (χ2n) is 13.2. The Hall–Kier alpha value is -0.120. The van der Waals surface area contributed by atoms with Crippen LogP contribution in [-0.2, 0) is 0 Å². The van der Waals surface area contributed by atoms with Gasteiger partial charge in [-0.15, -0.1) is 0 Å². The average Bonchev–Trinajstić information content (AvgIpc) is 3.10. The smallest absolute Gasteiger partial charge is 0.0696 e. The summed E-state index contributed by atoms with van der Waals surface area (Å²) >= 11 is 0. The van der Waals surface area contributed by atoms with Crippen LogP contribution in [0.4, 0.5) is 0 Å². The maximum Gasteiger partial charge on any atom is 0.0696 e. The second-order valence-corrected chi connectivity index (χ2v) is 13.2. The van der Waals surface area contributed by atoms with Gasteiger partial charge in [0.1, 0.15) is 0 Å². The van der Waals surface area contributed by atoms with E-state index in [1.807, 2.05) is 0 Å². The highest BCUT2D eigenvalue weighted by Crippen LogP contribution is 2.66. The third-order valence-electron chi connectivity index (χ3n) is 11.4. The lowest BCUT2D eigenvalue weighted by molar-refractivity contribution is -0.140. The zero-order chi connectivity index (χ0) is 23.5. The molecule has 0 aromatic rings. The van der Waals surface area contributed by atoms with Gasteiger partial charge in [0.2, 0.25) is 0 Å². The van der Waals surface area contributed by atoms with Crippen molar-refractivity contribution in [3.63, 3.8) is 0 Å². The highest BCUT2D eigenvalue weighted by molar-refractivity contribution is 5.11. The summed E-state index contributed by atoms with van der Waals surface area (Å²) in [5.74, 6) is 3.01. The van der Waals surface area contributed by atoms with Crippen molar-refractivity contribution < 1.29 is 10.2 Å². The molecule has 0 aromatic heterocycles. The van der Waals surface area contributed by atoms with Gasteiger partial charge in [0.15, 0.2) is 0 Å². The van der Waals surface area contributed by atoms with E-state index in [4.69, 9.17) is 0 Å². The molecule has 0 saturated heterocycles. The first kappa shape index (κ1) is 26.0. The molecule has 4 aliphatic rings. The molecule has 0 spiro atoms. The summed E-state index contributed by atoms with van der Waals surface area (Å²) in [5.41, 5.74) is 0.541. The van der Waals surface area contributed by atoms with Gasteiger partial charge in [-0.1, -0.05) is 72.1 Å². The molecule has 4 saturated carbocycles. The zero-order valence-corrected chi connectivity index (χ0v) is 22.2. The van der Waals surface area contributed by atoms with E-state index in [2.05, 4.69) is 26.1 Å². The van der Waals surface area contributed by atoms with Crippen LogP contribution in [0.15, 0.2) is 0 Å². The van der Waals surface area contributed by atoms with Crippen molar-refractivity contribution in [3.05, 3.63) is 0 Å². The molecule has 4 rings (SSSR count). The van der Waals surface area contributed by atoms with E-state index in [9.17, 15) is 10.2 Å². The van der Waals surface area contributed by atoms with Crippen LogP contribution in [0.25, 0.3) is 0 Å². The van der Waals surface area contributed by atoms with Crippen molar-refractivity contribution in [2.75, 3.05) is 6.54 Å². The van der Waals surface area contributed by atoms with E-state index in [0.717, 1.165) is 43.6 Å². The lowest BCUT2D eigenvalue weighted by atomic mass is 9.44. The van der Waals surface area contributed by atoms with Crippen LogP contribution in [0.3, 0.4) is 0 Å². The third kappa shape index (κ3) is 5.36. The number of fused-ring (bicyclic) bond motifs is 5. The normalized spacial score (nSPS) is 44.8. The molecule has 0 radical (unpaired) electrons. The molecule has 0 aromatic carbocycles. The minimum absolute atomic E-state index is 0.0760. The van der Waals surface area contributed by atoms with Crippen molar-refractivity contribution in [2.24, 2.45) is 34.5 Å². The molecule has 4 aliphatic carbocycles. The van der Waals surface area contributed by atoms with Crippen molar-refractivity contribution >= 4 is 0 Å². The van der Waals surface area contributed by atoms with E-state index in [0.29, 0.717) is 11.3 Å². The fourth-order valence-electron chi connectivity index (χ4n) is 9.21. The van der Waals surface area contributed by atoms with Crippen LogP contribution < -0.4 is 5.32 Å². The standard InChI is InChI=1S/C30H55NO2/c1-4-5-6-7-8-9-10-11-12-19-31-26-21-30(3)22(20-27(26)32)13-14-23-24-15-16-28(33)29(24,2)18-17-25(23)30/h22-28,31-33H,4-21H2,1-3H3/t22-,23-,24-,25-,26-,27-,28-,29-,30-/m0/s1. The zero-order valence-electron chi connectivity index (χ0n) is 22.2. The Labute approximate surface area is 204 Å². The van der Waals surface area contributed by atoms with Gasteiger partial charge in [0, 0.05) is 6.04 Å². The maximum atomic E-state index is 11.0. The number of unbranched alkanes of at least 4 members (excludes halogenated alkanes) is 8. The van der Waals surface area contributed by atoms with Crippen LogP contribution in [0, 0.1) is 34.5 Å². The van der Waals surface area contributed by atoms with Crippen molar-refractivity contribution in [1.29, 1.82) is 0 Å². The number of aliphatic hydroxyl groups excluding tert-OH is 2. The number of aliphatic hydroxyl groups is 2. The molecule has 3 nitrogen and oxygen atoms in total. The molecular weight excluding hydrogens is 406 g/mol. The van der Waals surface area contributed by atoms with Crippen LogP contribution in [0.1, 0.15) is 130 Å². The summed E-state index contributed by atoms with van der Waals surface area (Å²) in [5, 5.41) is 25.5. The first-order valence-corrected chi connectivity index (χ1v) is 15.0. The molecule has 9 atom stereocenters. The van der Waals surface area contributed by atoms with Gasteiger partial charge in [-0.25, -0.2) is 0 Å². The molecule has 0 heterocycles. The van der Waals surface area contributed by atoms with Crippen LogP contribution >= 0.6 is 0 Å². The summed E-state index contributed by atoms with van der Waals surface area (Å²) in [4.78, 5) is 0. The predicted octanol–water partition coefficient (Wildman–Crippen LogP) is 6.85. The first-order chi connectivity index (χ1) is 15.9. The molecular formula is C30H55NO2. The fraction of sp³-hybridized carbons (Fsp3) is 1.00. The van der Waals surface area contributed by atoms with Gasteiger partial charge in [-0.05, 0) is 98.8 Å². The number of nitrogens with one attached hydrogen (secondary N) is 1. The highest BCUT2D eigenvalue weighted by atomic mass is 16.3. The van der Waals surface area contributed by atoms with E-state index >= 15 is 0 Å². The van der Waals surface area contributed by atoms with Crippen LogP contribution in [0.2, 0.25) is 0 Å². The Morgan fingerprint density at radius 3 is 2.15 bits per heavy atom. The number of hydrogen-bond acceptors (Lipinski definition) is 3. The Morgan fingerprint density at radius 1 is 0.758 bits per heavy atom. The van der Waals surface area contributed by atoms with E-state index in [1.165, 1.54) is 89.9 Å². The van der Waals surface area contributed by atoms with Crippen molar-refractivity contribution in [1.82, 2.24) is 5.32 Å². The molecule has 0 amide bonds. The molecule has 192 valence electrons. The molecule has 3 heteroatoms. The monoisotopic (exact) mass is 461 g/mol. The Kier molecular flexibility index (Phi) is 8.88. The second kappa shape index (κ2) is 11.3. The molecule has 4 fully saturated rings. The quantitative estimate of drug-likeness (QED) is 0.295. The minimum Gasteiger partial charge on any atom is -0.393 e. The van der Waals surface area contributed by atoms with Crippen molar-refractivity contribution in [3.8, 4) is 0 Å². The summed E-state index contributed by atoms with van der Waals surface area (Å²) in [6, 6.07) is 0.279. The number of hydrogen-bond donors (Lipinski definition) is 3. The minimum atomic E-state index is -0.166. The van der Waals surface area contributed by atoms with Gasteiger partial charge in [0.05, 0.1) is 12.2 Å². The van der Waals surface area contributed by atoms with Crippen LogP contribution in [-0.4, -0.2) is 35.0 Å². The first-order valence-electron chi connectivity index (χ1n) is 15.0. The summed E-state index contributed by atoms with van der Waals surface area (Å²) in [6.45, 7) is 8.33. The Bertz CT molecular complexity index is 610. The van der Waals surface area contributed by atoms with E-state index in [-0.39, 0.29) is 23.7 Å². The van der Waals surface area contributed by atoms with Gasteiger partial charge in [-0.2, -0.15) is 0 Å². The van der Waals surface area contributed by atoms with E-state index in [1.54, 1.807) is 0 Å². The molecule has 0 aliphatic heterocycles. The molecule has 0 bridgehead atoms. The highest BCUT2D eigenvalue weighted by Gasteiger charge is 2.60. The van der Waals surface area contributed by atoms with Gasteiger partial charge in [-0.3, -0.25) is 0 Å². The van der Waals surface area contributed by atoms with E-state index < -0.39 is 0 Å². The third-order valence-corrected chi connectivity index (χ3v) is 11.4. The summed E-state index contributed by atoms with van der Waals surface area (Å²) < 4.78 is 0. The van der Waals surface area contributed by atoms with Gasteiger partial charge < -0.3 is 15.5 Å². The molecule has 33 heavy (non-hydrogen) atoms. The number of rotatable bonds is 11. The summed E-state index contributed by atoms with van der Waals surface area (Å²) in [6.07, 6.45) is 21.6. The summed E-state index contributed by atoms with van der Waals surface area (Å²) in [7, 11) is 0. The molecule has 0 unspecified atom stereocenters. The lowest BCUT2D eigenvalue weighted by Crippen LogP contribution is -2.59. The largest absolute Gasteiger partial charge is 0.393 e. The fourth-order valence-corrected chi connectivity index (χ4v) is 9.21. The van der Waals surface area contributed by atoms with Gasteiger partial charge in [0.25, 0.3) is 0 Å². The Morgan fingerprint density at radius 2 is 1.42 bits per heavy atom. The SMILES string of the molecule is CCCCCCCCCCCN[C@H]1C[C@@]2(C)[C@@H](CC[C@@H]3[C@@H]2CC[C@]2(C)[C@@H](O)CC[C@@H]32)C[C@@H]1O. The van der Waals surface area contributed by atoms with Crippen molar-refractivity contribution in [2.45, 2.75) is 148 Å².